The molecule has 0 radical (unpaired) electrons. The van der Waals surface area contributed by atoms with Gasteiger partial charge in [-0.15, -0.1) is 11.3 Å². The summed E-state index contributed by atoms with van der Waals surface area (Å²) in [7, 11) is 0. The van der Waals surface area contributed by atoms with Crippen molar-refractivity contribution in [2.75, 3.05) is 0 Å². The average molecular weight is 272 g/mol. The molecule has 0 aliphatic rings. The molecule has 1 atom stereocenters. The van der Waals surface area contributed by atoms with Gasteiger partial charge in [0, 0.05) is 11.4 Å². The van der Waals surface area contributed by atoms with E-state index in [2.05, 4.69) is 11.4 Å². The van der Waals surface area contributed by atoms with Gasteiger partial charge in [0.2, 0.25) is 0 Å². The predicted molar refractivity (Wildman–Crippen MR) is 77.1 cm³/mol. The van der Waals surface area contributed by atoms with E-state index in [1.54, 1.807) is 11.3 Å². The van der Waals surface area contributed by atoms with Gasteiger partial charge in [-0.3, -0.25) is 5.32 Å². The van der Waals surface area contributed by atoms with Crippen LogP contribution in [0.25, 0.3) is 0 Å². The van der Waals surface area contributed by atoms with Crippen molar-refractivity contribution in [2.24, 2.45) is 0 Å². The number of nitriles is 1. The van der Waals surface area contributed by atoms with Crippen LogP contribution in [0, 0.1) is 25.2 Å². The number of aryl methyl sites for hydroxylation is 2. The molecule has 0 spiro atoms. The molecule has 0 aliphatic carbocycles. The van der Waals surface area contributed by atoms with Crippen LogP contribution in [0.4, 0.5) is 0 Å². The van der Waals surface area contributed by atoms with Crippen molar-refractivity contribution in [3.63, 3.8) is 0 Å². The first-order valence-corrected chi connectivity index (χ1v) is 6.95. The van der Waals surface area contributed by atoms with Crippen LogP contribution in [0.2, 0.25) is 0 Å². The number of hydrogen-bond donors (Lipinski definition) is 2. The lowest BCUT2D eigenvalue weighted by Crippen LogP contribution is -2.19. The Hall–Kier alpha value is -1.83. The van der Waals surface area contributed by atoms with E-state index in [4.69, 9.17) is 0 Å². The van der Waals surface area contributed by atoms with Crippen LogP contribution < -0.4 is 5.32 Å². The van der Waals surface area contributed by atoms with Crippen molar-refractivity contribution in [2.45, 2.75) is 26.4 Å². The second kappa shape index (κ2) is 5.87. The smallest absolute Gasteiger partial charge is 0.121 e. The third-order valence-corrected chi connectivity index (χ3v) is 3.91. The van der Waals surface area contributed by atoms with Crippen LogP contribution in [-0.4, -0.2) is 5.11 Å². The Morgan fingerprint density at radius 3 is 2.58 bits per heavy atom. The van der Waals surface area contributed by atoms with Gasteiger partial charge < -0.3 is 5.11 Å². The van der Waals surface area contributed by atoms with E-state index < -0.39 is 0 Å². The van der Waals surface area contributed by atoms with Gasteiger partial charge in [-0.2, -0.15) is 5.26 Å². The number of phenols is 1. The number of nitrogens with zero attached hydrogens (tertiary/aromatic N) is 1. The van der Waals surface area contributed by atoms with Crippen LogP contribution in [0.3, 0.4) is 0 Å². The van der Waals surface area contributed by atoms with Gasteiger partial charge in [0.05, 0.1) is 6.07 Å². The van der Waals surface area contributed by atoms with Gasteiger partial charge in [0.25, 0.3) is 0 Å². The molecule has 2 rings (SSSR count). The fourth-order valence-electron chi connectivity index (χ4n) is 2.01. The van der Waals surface area contributed by atoms with E-state index >= 15 is 0 Å². The third kappa shape index (κ3) is 3.14. The van der Waals surface area contributed by atoms with E-state index in [-0.39, 0.29) is 6.04 Å². The fraction of sp³-hybridized carbons (Fsp3) is 0.267. The van der Waals surface area contributed by atoms with Crippen molar-refractivity contribution in [3.8, 4) is 11.8 Å². The lowest BCUT2D eigenvalue weighted by molar-refractivity contribution is 0.466. The maximum Gasteiger partial charge on any atom is 0.121 e. The van der Waals surface area contributed by atoms with Gasteiger partial charge in [-0.25, -0.2) is 0 Å². The Balaban J connectivity index is 2.16. The van der Waals surface area contributed by atoms with E-state index in [0.29, 0.717) is 12.3 Å². The molecule has 3 nitrogen and oxygen atoms in total. The van der Waals surface area contributed by atoms with Gasteiger partial charge >= 0.3 is 0 Å². The first-order valence-electron chi connectivity index (χ1n) is 6.07. The highest BCUT2D eigenvalue weighted by molar-refractivity contribution is 7.09. The second-order valence-electron chi connectivity index (χ2n) is 4.53. The number of hydrogen-bond acceptors (Lipinski definition) is 4. The molecule has 1 aromatic carbocycles. The van der Waals surface area contributed by atoms with E-state index in [9.17, 15) is 10.4 Å². The van der Waals surface area contributed by atoms with Crippen molar-refractivity contribution in [1.82, 2.24) is 5.32 Å². The lowest BCUT2D eigenvalue weighted by atomic mass is 10.0. The Kier molecular flexibility index (Phi) is 4.20. The monoisotopic (exact) mass is 272 g/mol. The topological polar surface area (TPSA) is 56.0 Å². The number of rotatable bonds is 4. The molecule has 0 fully saturated rings. The number of nitrogens with one attached hydrogen (secondary N) is 1. The molecular weight excluding hydrogens is 256 g/mol. The van der Waals surface area contributed by atoms with Gasteiger partial charge in [-0.05, 0) is 54.1 Å². The zero-order valence-electron chi connectivity index (χ0n) is 11.0. The lowest BCUT2D eigenvalue weighted by Gasteiger charge is -2.14. The minimum absolute atomic E-state index is 0.304. The molecule has 1 unspecified atom stereocenters. The Bertz CT molecular complexity index is 576. The molecule has 0 saturated heterocycles. The maximum atomic E-state index is 9.76. The molecule has 4 heteroatoms. The highest BCUT2D eigenvalue weighted by atomic mass is 32.1. The SMILES string of the molecule is Cc1cc(C(C#N)NCc2cccs2)cc(C)c1O. The summed E-state index contributed by atoms with van der Waals surface area (Å²) in [5, 5.41) is 24.3. The molecule has 0 saturated carbocycles. The number of phenolic OH excluding ortho intramolecular Hbond substituents is 1. The summed E-state index contributed by atoms with van der Waals surface area (Å²) in [6.45, 7) is 4.37. The van der Waals surface area contributed by atoms with Crippen molar-refractivity contribution in [3.05, 3.63) is 51.2 Å². The molecule has 2 N–H and O–H groups in total. The highest BCUT2D eigenvalue weighted by Crippen LogP contribution is 2.26. The van der Waals surface area contributed by atoms with Crippen molar-refractivity contribution in [1.29, 1.82) is 5.26 Å². The molecule has 1 aromatic heterocycles. The average Bonchev–Trinajstić information content (AvgIpc) is 2.89. The van der Waals surface area contributed by atoms with E-state index in [0.717, 1.165) is 16.7 Å². The minimum atomic E-state index is -0.361. The summed E-state index contributed by atoms with van der Waals surface area (Å²) in [5.74, 6) is 0.304. The normalized spacial score (nSPS) is 12.1. The molecule has 0 aliphatic heterocycles. The molecule has 19 heavy (non-hydrogen) atoms. The molecular formula is C15H16N2OS. The summed E-state index contributed by atoms with van der Waals surface area (Å²) in [4.78, 5) is 1.20. The number of thiophene rings is 1. The molecule has 0 bridgehead atoms. The molecule has 0 amide bonds. The van der Waals surface area contributed by atoms with Gasteiger partial charge in [0.1, 0.15) is 11.8 Å². The molecule has 1 heterocycles. The van der Waals surface area contributed by atoms with Crippen LogP contribution in [0.5, 0.6) is 5.75 Å². The standard InChI is InChI=1S/C15H16N2OS/c1-10-6-12(7-11(2)15(10)18)14(8-16)17-9-13-4-3-5-19-13/h3-7,14,17-18H,9H2,1-2H3. The first-order chi connectivity index (χ1) is 9.11. The Morgan fingerprint density at radius 2 is 2.05 bits per heavy atom. The zero-order valence-corrected chi connectivity index (χ0v) is 11.8. The summed E-state index contributed by atoms with van der Waals surface area (Å²) in [5.41, 5.74) is 2.49. The van der Waals surface area contributed by atoms with Crippen LogP contribution in [0.15, 0.2) is 29.6 Å². The Labute approximate surface area is 117 Å². The Morgan fingerprint density at radius 1 is 1.37 bits per heavy atom. The number of aromatic hydroxyl groups is 1. The summed E-state index contributed by atoms with van der Waals surface area (Å²) < 4.78 is 0. The molecule has 2 aromatic rings. The highest BCUT2D eigenvalue weighted by Gasteiger charge is 2.13. The van der Waals surface area contributed by atoms with Gasteiger partial charge in [0.15, 0.2) is 0 Å². The fourth-order valence-corrected chi connectivity index (χ4v) is 2.67. The zero-order chi connectivity index (χ0) is 13.8. The largest absolute Gasteiger partial charge is 0.507 e. The van der Waals surface area contributed by atoms with Crippen molar-refractivity contribution >= 4 is 11.3 Å². The maximum absolute atomic E-state index is 9.76. The van der Waals surface area contributed by atoms with Crippen LogP contribution in [-0.2, 0) is 6.54 Å². The van der Waals surface area contributed by atoms with Crippen LogP contribution in [0.1, 0.15) is 27.6 Å². The van der Waals surface area contributed by atoms with Gasteiger partial charge in [-0.1, -0.05) is 6.07 Å². The first kappa shape index (κ1) is 13.6. The number of benzene rings is 1. The minimum Gasteiger partial charge on any atom is -0.507 e. The molecule has 98 valence electrons. The van der Waals surface area contributed by atoms with Crippen molar-refractivity contribution < 1.29 is 5.11 Å². The summed E-state index contributed by atoms with van der Waals surface area (Å²) >= 11 is 1.67. The summed E-state index contributed by atoms with van der Waals surface area (Å²) in [6, 6.07) is 9.66. The predicted octanol–water partition coefficient (Wildman–Crippen LogP) is 3.43. The third-order valence-electron chi connectivity index (χ3n) is 3.04. The summed E-state index contributed by atoms with van der Waals surface area (Å²) in [6.07, 6.45) is 0. The van der Waals surface area contributed by atoms with E-state index in [1.165, 1.54) is 4.88 Å². The second-order valence-corrected chi connectivity index (χ2v) is 5.56. The van der Waals surface area contributed by atoms with E-state index in [1.807, 2.05) is 43.5 Å². The van der Waals surface area contributed by atoms with Crippen LogP contribution >= 0.6 is 11.3 Å². The quantitative estimate of drug-likeness (QED) is 0.896.